The molecule has 0 amide bonds. The van der Waals surface area contributed by atoms with Crippen molar-refractivity contribution < 1.29 is 14.5 Å². The molecule has 0 aromatic rings. The lowest BCUT2D eigenvalue weighted by atomic mass is 10.1. The molecule has 0 aliphatic rings. The van der Waals surface area contributed by atoms with Crippen LogP contribution in [-0.4, -0.2) is 47.8 Å². The smallest absolute Gasteiger partial charge is 0.313 e. The van der Waals surface area contributed by atoms with Gasteiger partial charge in [-0.05, 0) is 18.8 Å². The van der Waals surface area contributed by atoms with Crippen LogP contribution in [0, 0.1) is 11.3 Å². The number of hydrogen-bond donors (Lipinski definition) is 3. The van der Waals surface area contributed by atoms with Crippen molar-refractivity contribution in [3.63, 3.8) is 0 Å². The van der Waals surface area contributed by atoms with Gasteiger partial charge in [-0.1, -0.05) is 13.8 Å². The van der Waals surface area contributed by atoms with Crippen LogP contribution in [0.4, 0.5) is 0 Å². The van der Waals surface area contributed by atoms with Crippen LogP contribution in [0.2, 0.25) is 0 Å². The molecule has 0 aliphatic carbocycles. The molecule has 0 fully saturated rings. The van der Waals surface area contributed by atoms with E-state index in [0.29, 0.717) is 18.6 Å². The molecule has 0 aromatic carbocycles. The number of rotatable bonds is 7. The van der Waals surface area contributed by atoms with Crippen LogP contribution >= 0.6 is 0 Å². The zero-order valence-corrected chi connectivity index (χ0v) is 10.2. The molecule has 0 bridgehead atoms. The molecule has 0 spiro atoms. The molecule has 5 nitrogen and oxygen atoms in total. The Morgan fingerprint density at radius 2 is 2.12 bits per heavy atom. The fourth-order valence-corrected chi connectivity index (χ4v) is 1.20. The molecular weight excluding hydrogens is 206 g/mol. The maximum Gasteiger partial charge on any atom is 0.313 e. The normalized spacial score (nSPS) is 14.6. The highest BCUT2D eigenvalue weighted by atomic mass is 16.3. The highest BCUT2D eigenvalue weighted by Gasteiger charge is 2.23. The molecule has 92 valence electrons. The highest BCUT2D eigenvalue weighted by Crippen LogP contribution is 2.05. The molecule has 0 aliphatic heterocycles. The largest absolute Gasteiger partial charge is 0.379 e. The van der Waals surface area contributed by atoms with Gasteiger partial charge in [-0.3, -0.25) is 5.32 Å². The third kappa shape index (κ3) is 5.72. The standard InChI is InChI=1S/C11H22N3O2/c1-8(2)5-6-10(16)13-9(7-15)11(12)14(3)4/h7-10,12-13,16H,3,5-6H2,1-2,4H3/q+1. The van der Waals surface area contributed by atoms with Gasteiger partial charge in [-0.25, -0.2) is 4.58 Å². The number of carbonyl (C=O) groups excluding carboxylic acids is 1. The Labute approximate surface area is 96.7 Å². The van der Waals surface area contributed by atoms with Crippen molar-refractivity contribution in [1.29, 1.82) is 5.41 Å². The van der Waals surface area contributed by atoms with Crippen molar-refractivity contribution >= 4 is 18.8 Å². The van der Waals surface area contributed by atoms with Gasteiger partial charge in [0.25, 0.3) is 0 Å². The molecule has 16 heavy (non-hydrogen) atoms. The number of aliphatic hydroxyl groups is 1. The van der Waals surface area contributed by atoms with Crippen molar-refractivity contribution in [3.8, 4) is 0 Å². The molecule has 2 unspecified atom stereocenters. The molecule has 0 rings (SSSR count). The zero-order valence-electron chi connectivity index (χ0n) is 10.2. The second-order valence-corrected chi connectivity index (χ2v) is 4.35. The van der Waals surface area contributed by atoms with E-state index in [1.54, 1.807) is 7.05 Å². The average molecular weight is 228 g/mol. The molecule has 2 atom stereocenters. The number of aliphatic hydroxyl groups excluding tert-OH is 1. The predicted molar refractivity (Wildman–Crippen MR) is 64.1 cm³/mol. The Kier molecular flexibility index (Phi) is 6.76. The lowest BCUT2D eigenvalue weighted by Crippen LogP contribution is -2.47. The molecule has 0 heterocycles. The van der Waals surface area contributed by atoms with Crippen molar-refractivity contribution in [1.82, 2.24) is 5.32 Å². The number of amidine groups is 1. The summed E-state index contributed by atoms with van der Waals surface area (Å²) in [4.78, 5) is 10.8. The summed E-state index contributed by atoms with van der Waals surface area (Å²) < 4.78 is 1.29. The summed E-state index contributed by atoms with van der Waals surface area (Å²) in [6.07, 6.45) is 1.27. The molecular formula is C11H22N3O2+. The summed E-state index contributed by atoms with van der Waals surface area (Å²) in [5, 5.41) is 19.9. The van der Waals surface area contributed by atoms with Gasteiger partial charge in [0.2, 0.25) is 0 Å². The quantitative estimate of drug-likeness (QED) is 0.192. The maximum atomic E-state index is 10.8. The molecule has 0 aromatic heterocycles. The first-order valence-electron chi connectivity index (χ1n) is 5.40. The van der Waals surface area contributed by atoms with Crippen LogP contribution in [0.15, 0.2) is 0 Å². The topological polar surface area (TPSA) is 76.2 Å². The van der Waals surface area contributed by atoms with Crippen LogP contribution in [0.1, 0.15) is 26.7 Å². The van der Waals surface area contributed by atoms with E-state index >= 15 is 0 Å². The minimum absolute atomic E-state index is 0.0404. The van der Waals surface area contributed by atoms with Gasteiger partial charge in [-0.2, -0.15) is 0 Å². The molecule has 0 saturated carbocycles. The summed E-state index contributed by atoms with van der Waals surface area (Å²) in [5.41, 5.74) is 0. The number of likely N-dealkylation sites (N-methyl/N-ethyl adjacent to an activating group) is 1. The van der Waals surface area contributed by atoms with E-state index < -0.39 is 12.3 Å². The second-order valence-electron chi connectivity index (χ2n) is 4.35. The van der Waals surface area contributed by atoms with Gasteiger partial charge in [0.05, 0.1) is 13.8 Å². The predicted octanol–water partition coefficient (Wildman–Crippen LogP) is 0.218. The first-order chi connectivity index (χ1) is 7.38. The Morgan fingerprint density at radius 3 is 2.50 bits per heavy atom. The Morgan fingerprint density at radius 1 is 1.56 bits per heavy atom. The van der Waals surface area contributed by atoms with E-state index in [-0.39, 0.29) is 5.84 Å². The van der Waals surface area contributed by atoms with Crippen molar-refractivity contribution in [2.45, 2.75) is 39.0 Å². The van der Waals surface area contributed by atoms with Gasteiger partial charge < -0.3 is 9.90 Å². The van der Waals surface area contributed by atoms with Crippen molar-refractivity contribution in [2.75, 3.05) is 7.05 Å². The lowest BCUT2D eigenvalue weighted by Gasteiger charge is -2.16. The van der Waals surface area contributed by atoms with E-state index in [1.807, 2.05) is 0 Å². The van der Waals surface area contributed by atoms with Crippen LogP contribution in [0.25, 0.3) is 0 Å². The summed E-state index contributed by atoms with van der Waals surface area (Å²) >= 11 is 0. The van der Waals surface area contributed by atoms with Crippen molar-refractivity contribution in [3.05, 3.63) is 0 Å². The van der Waals surface area contributed by atoms with E-state index in [9.17, 15) is 9.90 Å². The van der Waals surface area contributed by atoms with Crippen LogP contribution in [-0.2, 0) is 4.79 Å². The third-order valence-corrected chi connectivity index (χ3v) is 2.23. The Balaban J connectivity index is 4.16. The number of nitrogens with zero attached hydrogens (tertiary/aromatic N) is 1. The SMILES string of the molecule is C=[N+](C)C(=N)C(C=O)NC(O)CCC(C)C. The van der Waals surface area contributed by atoms with Gasteiger partial charge in [0.15, 0.2) is 6.04 Å². The zero-order chi connectivity index (χ0) is 12.7. The fraction of sp³-hybridized carbons (Fsp3) is 0.727. The van der Waals surface area contributed by atoms with Crippen LogP contribution in [0.5, 0.6) is 0 Å². The molecule has 0 radical (unpaired) electrons. The summed E-state index contributed by atoms with van der Waals surface area (Å²) in [7, 11) is 1.58. The van der Waals surface area contributed by atoms with Gasteiger partial charge in [0, 0.05) is 0 Å². The number of hydrogen-bond acceptors (Lipinski definition) is 4. The van der Waals surface area contributed by atoms with E-state index in [1.165, 1.54) is 4.58 Å². The molecule has 3 N–H and O–H groups in total. The average Bonchev–Trinajstić information content (AvgIpc) is 2.21. The molecule has 5 heteroatoms. The summed E-state index contributed by atoms with van der Waals surface area (Å²) in [6, 6.07) is -0.801. The van der Waals surface area contributed by atoms with Gasteiger partial charge >= 0.3 is 5.84 Å². The van der Waals surface area contributed by atoms with E-state index in [2.05, 4.69) is 25.9 Å². The number of nitrogens with one attached hydrogen (secondary N) is 2. The number of carbonyl (C=O) groups is 1. The number of aldehydes is 1. The first kappa shape index (κ1) is 14.9. The van der Waals surface area contributed by atoms with Crippen molar-refractivity contribution in [2.24, 2.45) is 5.92 Å². The maximum absolute atomic E-state index is 10.8. The minimum Gasteiger partial charge on any atom is -0.379 e. The third-order valence-electron chi connectivity index (χ3n) is 2.23. The Hall–Kier alpha value is -1.07. The highest BCUT2D eigenvalue weighted by molar-refractivity contribution is 5.93. The van der Waals surface area contributed by atoms with Crippen LogP contribution in [0.3, 0.4) is 0 Å². The molecule has 0 saturated heterocycles. The first-order valence-corrected chi connectivity index (χ1v) is 5.40. The van der Waals surface area contributed by atoms with E-state index in [4.69, 9.17) is 5.41 Å². The van der Waals surface area contributed by atoms with Gasteiger partial charge in [0.1, 0.15) is 12.5 Å². The second kappa shape index (κ2) is 7.24. The lowest BCUT2D eigenvalue weighted by molar-refractivity contribution is -0.365. The summed E-state index contributed by atoms with van der Waals surface area (Å²) in [6.45, 7) is 7.65. The van der Waals surface area contributed by atoms with Gasteiger partial charge in [-0.15, -0.1) is 5.41 Å². The van der Waals surface area contributed by atoms with E-state index in [0.717, 1.165) is 6.42 Å². The fourth-order valence-electron chi connectivity index (χ4n) is 1.20. The minimum atomic E-state index is -0.801. The van der Waals surface area contributed by atoms with Crippen LogP contribution < -0.4 is 5.32 Å². The summed E-state index contributed by atoms with van der Waals surface area (Å²) in [5.74, 6) is 0.541. The monoisotopic (exact) mass is 228 g/mol. The Bertz CT molecular complexity index is 264.